The third-order valence-corrected chi connectivity index (χ3v) is 3.93. The molecule has 0 heterocycles. The zero-order valence-corrected chi connectivity index (χ0v) is 12.0. The third-order valence-electron chi connectivity index (χ3n) is 3.93. The fourth-order valence-electron chi connectivity index (χ4n) is 2.13. The molecule has 2 N–H and O–H groups in total. The average Bonchev–Trinajstić information content (AvgIpc) is 3.24. The molecule has 1 atom stereocenters. The molecule has 19 heavy (non-hydrogen) atoms. The fourth-order valence-corrected chi connectivity index (χ4v) is 2.13. The fraction of sp³-hybridized carbons (Fsp3) is 0.625. The van der Waals surface area contributed by atoms with Crippen LogP contribution in [0.3, 0.4) is 0 Å². The summed E-state index contributed by atoms with van der Waals surface area (Å²) in [4.78, 5) is 0. The van der Waals surface area contributed by atoms with Crippen molar-refractivity contribution in [3.05, 3.63) is 29.8 Å². The quantitative estimate of drug-likeness (QED) is 0.758. The van der Waals surface area contributed by atoms with E-state index in [4.69, 9.17) is 4.74 Å². The van der Waals surface area contributed by atoms with E-state index in [1.807, 2.05) is 12.1 Å². The number of ether oxygens (including phenoxy) is 1. The summed E-state index contributed by atoms with van der Waals surface area (Å²) >= 11 is 0. The van der Waals surface area contributed by atoms with Crippen LogP contribution < -0.4 is 10.1 Å². The van der Waals surface area contributed by atoms with Crippen molar-refractivity contribution in [2.45, 2.75) is 39.2 Å². The van der Waals surface area contributed by atoms with Gasteiger partial charge in [-0.05, 0) is 43.9 Å². The van der Waals surface area contributed by atoms with Gasteiger partial charge in [-0.15, -0.1) is 0 Å². The Hall–Kier alpha value is -1.06. The number of hydrogen-bond donors (Lipinski definition) is 2. The van der Waals surface area contributed by atoms with Gasteiger partial charge in [-0.25, -0.2) is 0 Å². The van der Waals surface area contributed by atoms with Gasteiger partial charge < -0.3 is 15.2 Å². The van der Waals surface area contributed by atoms with Crippen molar-refractivity contribution in [1.29, 1.82) is 0 Å². The molecule has 0 saturated heterocycles. The summed E-state index contributed by atoms with van der Waals surface area (Å²) in [5.74, 6) is 0.937. The Bertz CT molecular complexity index is 384. The summed E-state index contributed by atoms with van der Waals surface area (Å²) in [6.07, 6.45) is 3.32. The first-order valence-electron chi connectivity index (χ1n) is 7.26. The maximum absolute atomic E-state index is 9.30. The van der Waals surface area contributed by atoms with Crippen molar-refractivity contribution in [3.8, 4) is 5.75 Å². The van der Waals surface area contributed by atoms with Gasteiger partial charge in [0.25, 0.3) is 0 Å². The molecule has 1 aliphatic rings. The van der Waals surface area contributed by atoms with Crippen molar-refractivity contribution < 1.29 is 9.84 Å². The van der Waals surface area contributed by atoms with E-state index in [0.717, 1.165) is 38.2 Å². The Balaban J connectivity index is 1.83. The second-order valence-corrected chi connectivity index (χ2v) is 5.68. The lowest BCUT2D eigenvalue weighted by atomic mass is 10.1. The molecule has 1 aromatic carbocycles. The van der Waals surface area contributed by atoms with Gasteiger partial charge in [0.15, 0.2) is 0 Å². The van der Waals surface area contributed by atoms with E-state index in [1.165, 1.54) is 5.56 Å². The predicted molar refractivity (Wildman–Crippen MR) is 77.4 cm³/mol. The highest BCUT2D eigenvalue weighted by Crippen LogP contribution is 2.44. The second-order valence-electron chi connectivity index (χ2n) is 5.68. The molecule has 0 bridgehead atoms. The number of rotatable bonds is 8. The van der Waals surface area contributed by atoms with E-state index < -0.39 is 0 Å². The molecule has 1 saturated carbocycles. The van der Waals surface area contributed by atoms with Crippen molar-refractivity contribution in [1.82, 2.24) is 5.32 Å². The van der Waals surface area contributed by atoms with Gasteiger partial charge in [-0.2, -0.15) is 0 Å². The van der Waals surface area contributed by atoms with E-state index in [9.17, 15) is 5.11 Å². The van der Waals surface area contributed by atoms with Gasteiger partial charge in [-0.1, -0.05) is 19.1 Å². The topological polar surface area (TPSA) is 41.5 Å². The summed E-state index contributed by atoms with van der Waals surface area (Å²) in [7, 11) is 0. The Morgan fingerprint density at radius 2 is 2.00 bits per heavy atom. The lowest BCUT2D eigenvalue weighted by Crippen LogP contribution is -2.28. The van der Waals surface area contributed by atoms with Crippen LogP contribution >= 0.6 is 0 Å². The highest BCUT2D eigenvalue weighted by molar-refractivity contribution is 5.29. The van der Waals surface area contributed by atoms with Crippen LogP contribution in [0.1, 0.15) is 44.7 Å². The SMILES string of the molecule is CCCOc1ccc(C(C)NCC2(CO)CC2)cc1. The number of aliphatic hydroxyl groups excluding tert-OH is 1. The van der Waals surface area contributed by atoms with Crippen molar-refractivity contribution >= 4 is 0 Å². The van der Waals surface area contributed by atoms with Crippen LogP contribution in [0.2, 0.25) is 0 Å². The minimum absolute atomic E-state index is 0.165. The van der Waals surface area contributed by atoms with Gasteiger partial charge in [0.2, 0.25) is 0 Å². The normalized spacial score (nSPS) is 18.1. The Morgan fingerprint density at radius 1 is 1.32 bits per heavy atom. The zero-order valence-electron chi connectivity index (χ0n) is 12.0. The first-order valence-corrected chi connectivity index (χ1v) is 7.26. The van der Waals surface area contributed by atoms with Gasteiger partial charge >= 0.3 is 0 Å². The number of benzene rings is 1. The minimum atomic E-state index is 0.165. The molecule has 1 unspecified atom stereocenters. The third kappa shape index (κ3) is 3.95. The summed E-state index contributed by atoms with van der Waals surface area (Å²) in [6, 6.07) is 8.59. The van der Waals surface area contributed by atoms with Gasteiger partial charge in [0, 0.05) is 24.6 Å². The van der Waals surface area contributed by atoms with Crippen molar-refractivity contribution in [2.24, 2.45) is 5.41 Å². The van der Waals surface area contributed by atoms with E-state index in [1.54, 1.807) is 0 Å². The van der Waals surface area contributed by atoms with Gasteiger partial charge in [0.05, 0.1) is 6.61 Å². The van der Waals surface area contributed by atoms with Crippen LogP contribution in [0, 0.1) is 5.41 Å². The standard InChI is InChI=1S/C16H25NO2/c1-3-10-19-15-6-4-14(5-7-15)13(2)17-11-16(12-18)8-9-16/h4-7,13,17-18H,3,8-12H2,1-2H3. The molecular formula is C16H25NO2. The molecule has 2 rings (SSSR count). The van der Waals surface area contributed by atoms with E-state index in [2.05, 4.69) is 31.3 Å². The number of aliphatic hydroxyl groups is 1. The van der Waals surface area contributed by atoms with Gasteiger partial charge in [-0.3, -0.25) is 0 Å². The predicted octanol–water partition coefficient (Wildman–Crippen LogP) is 2.90. The highest BCUT2D eigenvalue weighted by Gasteiger charge is 2.41. The second kappa shape index (κ2) is 6.40. The molecule has 0 aliphatic heterocycles. The molecular weight excluding hydrogens is 238 g/mol. The number of hydrogen-bond acceptors (Lipinski definition) is 3. The summed E-state index contributed by atoms with van der Waals surface area (Å²) in [5, 5.41) is 12.8. The number of nitrogens with one attached hydrogen (secondary N) is 1. The molecule has 106 valence electrons. The van der Waals surface area contributed by atoms with Crippen LogP contribution in [0.15, 0.2) is 24.3 Å². The highest BCUT2D eigenvalue weighted by atomic mass is 16.5. The maximum atomic E-state index is 9.30. The average molecular weight is 263 g/mol. The Kier molecular flexibility index (Phi) is 4.83. The van der Waals surface area contributed by atoms with E-state index >= 15 is 0 Å². The molecule has 0 radical (unpaired) electrons. The summed E-state index contributed by atoms with van der Waals surface area (Å²) in [5.41, 5.74) is 1.43. The monoisotopic (exact) mass is 263 g/mol. The summed E-state index contributed by atoms with van der Waals surface area (Å²) in [6.45, 7) is 6.24. The summed E-state index contributed by atoms with van der Waals surface area (Å²) < 4.78 is 5.58. The molecule has 0 spiro atoms. The van der Waals surface area contributed by atoms with Crippen molar-refractivity contribution in [2.75, 3.05) is 19.8 Å². The van der Waals surface area contributed by atoms with Crippen LogP contribution in [0.25, 0.3) is 0 Å². The first kappa shape index (κ1) is 14.4. The van der Waals surface area contributed by atoms with Crippen LogP contribution in [-0.2, 0) is 0 Å². The molecule has 1 aliphatic carbocycles. The molecule has 0 amide bonds. The molecule has 1 aromatic rings. The molecule has 3 heteroatoms. The Morgan fingerprint density at radius 3 is 2.53 bits per heavy atom. The van der Waals surface area contributed by atoms with Crippen LogP contribution in [0.4, 0.5) is 0 Å². The minimum Gasteiger partial charge on any atom is -0.494 e. The maximum Gasteiger partial charge on any atom is 0.119 e. The van der Waals surface area contributed by atoms with E-state index in [-0.39, 0.29) is 5.41 Å². The molecule has 0 aromatic heterocycles. The molecule has 1 fully saturated rings. The molecule has 3 nitrogen and oxygen atoms in total. The largest absolute Gasteiger partial charge is 0.494 e. The zero-order chi connectivity index (χ0) is 13.7. The smallest absolute Gasteiger partial charge is 0.119 e. The van der Waals surface area contributed by atoms with Gasteiger partial charge in [0.1, 0.15) is 5.75 Å². The van der Waals surface area contributed by atoms with Crippen LogP contribution in [-0.4, -0.2) is 24.9 Å². The lowest BCUT2D eigenvalue weighted by molar-refractivity contribution is 0.204. The Labute approximate surface area is 116 Å². The van der Waals surface area contributed by atoms with Crippen LogP contribution in [0.5, 0.6) is 5.75 Å². The van der Waals surface area contributed by atoms with Crippen molar-refractivity contribution in [3.63, 3.8) is 0 Å². The van der Waals surface area contributed by atoms with E-state index in [0.29, 0.717) is 12.6 Å². The first-order chi connectivity index (χ1) is 9.19. The lowest BCUT2D eigenvalue weighted by Gasteiger charge is -2.19.